The largest absolute Gasteiger partial charge is 0.416 e. The van der Waals surface area contributed by atoms with Gasteiger partial charge in [-0.2, -0.15) is 13.2 Å². The van der Waals surface area contributed by atoms with E-state index in [-0.39, 0.29) is 16.9 Å². The Labute approximate surface area is 134 Å². The van der Waals surface area contributed by atoms with Crippen LogP contribution < -0.4 is 5.56 Å². The minimum atomic E-state index is -4.48. The Hall–Kier alpha value is -2.34. The molecule has 0 atom stereocenters. The van der Waals surface area contributed by atoms with Gasteiger partial charge in [-0.25, -0.2) is 4.98 Å². The molecule has 0 aliphatic carbocycles. The molecular formula is C16H10ClF3N2O. The Morgan fingerprint density at radius 3 is 2.57 bits per heavy atom. The van der Waals surface area contributed by atoms with Gasteiger partial charge in [-0.1, -0.05) is 17.7 Å². The van der Waals surface area contributed by atoms with Crippen LogP contribution in [0.4, 0.5) is 13.2 Å². The van der Waals surface area contributed by atoms with Gasteiger partial charge in [-0.3, -0.25) is 9.36 Å². The lowest BCUT2D eigenvalue weighted by molar-refractivity contribution is -0.137. The summed E-state index contributed by atoms with van der Waals surface area (Å²) in [5, 5.41) is 0.720. The first kappa shape index (κ1) is 15.6. The van der Waals surface area contributed by atoms with Gasteiger partial charge in [0, 0.05) is 5.02 Å². The molecule has 0 bridgehead atoms. The van der Waals surface area contributed by atoms with Crippen molar-refractivity contribution in [3.8, 4) is 5.69 Å². The van der Waals surface area contributed by atoms with Crippen LogP contribution in [0.1, 0.15) is 11.4 Å². The standard InChI is InChI=1S/C16H10ClF3N2O/c1-9-21-14-8-11(17)5-6-13(14)15(23)22(9)12-4-2-3-10(7-12)16(18,19)20/h2-8H,1H3. The summed E-state index contributed by atoms with van der Waals surface area (Å²) in [6.45, 7) is 1.56. The summed E-state index contributed by atoms with van der Waals surface area (Å²) >= 11 is 5.88. The first-order valence-corrected chi connectivity index (χ1v) is 7.02. The van der Waals surface area contributed by atoms with Gasteiger partial charge >= 0.3 is 6.18 Å². The van der Waals surface area contributed by atoms with E-state index in [1.165, 1.54) is 18.2 Å². The Morgan fingerprint density at radius 1 is 1.13 bits per heavy atom. The second kappa shape index (κ2) is 5.38. The van der Waals surface area contributed by atoms with Crippen LogP contribution in [0.3, 0.4) is 0 Å². The molecule has 0 saturated heterocycles. The predicted octanol–water partition coefficient (Wildman–Crippen LogP) is 4.37. The normalized spacial score (nSPS) is 11.9. The molecule has 1 aromatic heterocycles. The van der Waals surface area contributed by atoms with Gasteiger partial charge in [0.15, 0.2) is 0 Å². The van der Waals surface area contributed by atoms with E-state index in [9.17, 15) is 18.0 Å². The zero-order chi connectivity index (χ0) is 16.8. The summed E-state index contributed by atoms with van der Waals surface area (Å²) in [7, 11) is 0. The van der Waals surface area contributed by atoms with Crippen LogP contribution in [0.15, 0.2) is 47.3 Å². The number of hydrogen-bond acceptors (Lipinski definition) is 2. The third-order valence-corrected chi connectivity index (χ3v) is 3.67. The lowest BCUT2D eigenvalue weighted by Crippen LogP contribution is -2.22. The molecule has 0 amide bonds. The number of nitrogens with zero attached hydrogens (tertiary/aromatic N) is 2. The highest BCUT2D eigenvalue weighted by Gasteiger charge is 2.30. The van der Waals surface area contributed by atoms with Crippen molar-refractivity contribution < 1.29 is 13.2 Å². The first-order valence-electron chi connectivity index (χ1n) is 6.64. The molecule has 2 aromatic carbocycles. The SMILES string of the molecule is Cc1nc2cc(Cl)ccc2c(=O)n1-c1cccc(C(F)(F)F)c1. The number of benzene rings is 2. The molecule has 0 aliphatic rings. The molecule has 0 aliphatic heterocycles. The van der Waals surface area contributed by atoms with E-state index in [0.29, 0.717) is 10.5 Å². The molecule has 118 valence electrons. The number of hydrogen-bond donors (Lipinski definition) is 0. The topological polar surface area (TPSA) is 34.9 Å². The van der Waals surface area contributed by atoms with Gasteiger partial charge in [0.2, 0.25) is 0 Å². The maximum absolute atomic E-state index is 12.9. The van der Waals surface area contributed by atoms with Gasteiger partial charge < -0.3 is 0 Å². The molecule has 0 fully saturated rings. The van der Waals surface area contributed by atoms with Crippen LogP contribution in [0.2, 0.25) is 5.02 Å². The smallest absolute Gasteiger partial charge is 0.268 e. The average Bonchev–Trinajstić information content (AvgIpc) is 2.46. The lowest BCUT2D eigenvalue weighted by atomic mass is 10.2. The molecule has 3 rings (SSSR count). The zero-order valence-electron chi connectivity index (χ0n) is 11.9. The Bertz CT molecular complexity index is 964. The van der Waals surface area contributed by atoms with E-state index >= 15 is 0 Å². The first-order chi connectivity index (χ1) is 10.8. The highest BCUT2D eigenvalue weighted by molar-refractivity contribution is 6.31. The van der Waals surface area contributed by atoms with E-state index in [1.807, 2.05) is 0 Å². The van der Waals surface area contributed by atoms with E-state index in [4.69, 9.17) is 11.6 Å². The van der Waals surface area contributed by atoms with Crippen molar-refractivity contribution >= 4 is 22.5 Å². The number of halogens is 4. The van der Waals surface area contributed by atoms with E-state index in [1.54, 1.807) is 19.1 Å². The quantitative estimate of drug-likeness (QED) is 0.660. The van der Waals surface area contributed by atoms with Gasteiger partial charge in [0.25, 0.3) is 5.56 Å². The number of alkyl halides is 3. The summed E-state index contributed by atoms with van der Waals surface area (Å²) in [4.78, 5) is 16.9. The van der Waals surface area contributed by atoms with E-state index < -0.39 is 17.3 Å². The van der Waals surface area contributed by atoms with Crippen LogP contribution in [0.5, 0.6) is 0 Å². The van der Waals surface area contributed by atoms with Crippen molar-refractivity contribution in [3.05, 3.63) is 69.2 Å². The van der Waals surface area contributed by atoms with Crippen molar-refractivity contribution in [2.24, 2.45) is 0 Å². The van der Waals surface area contributed by atoms with Gasteiger partial charge in [0.05, 0.1) is 22.2 Å². The zero-order valence-corrected chi connectivity index (χ0v) is 12.6. The molecular weight excluding hydrogens is 329 g/mol. The molecule has 23 heavy (non-hydrogen) atoms. The molecule has 0 radical (unpaired) electrons. The van der Waals surface area contributed by atoms with E-state index in [0.717, 1.165) is 16.7 Å². The Kier molecular flexibility index (Phi) is 3.64. The highest BCUT2D eigenvalue weighted by Crippen LogP contribution is 2.30. The summed E-state index contributed by atoms with van der Waals surface area (Å²) < 4.78 is 39.8. The molecule has 3 aromatic rings. The molecule has 7 heteroatoms. The predicted molar refractivity (Wildman–Crippen MR) is 82.1 cm³/mol. The van der Waals surface area contributed by atoms with Crippen molar-refractivity contribution in [3.63, 3.8) is 0 Å². The molecule has 3 nitrogen and oxygen atoms in total. The molecule has 0 unspecified atom stereocenters. The highest BCUT2D eigenvalue weighted by atomic mass is 35.5. The summed E-state index contributed by atoms with van der Waals surface area (Å²) in [6, 6.07) is 9.18. The minimum absolute atomic E-state index is 0.117. The number of fused-ring (bicyclic) bond motifs is 1. The fourth-order valence-electron chi connectivity index (χ4n) is 2.40. The molecule has 0 N–H and O–H groups in total. The van der Waals surface area contributed by atoms with Crippen molar-refractivity contribution in [1.82, 2.24) is 9.55 Å². The third-order valence-electron chi connectivity index (χ3n) is 3.43. The lowest BCUT2D eigenvalue weighted by Gasteiger charge is -2.13. The fourth-order valence-corrected chi connectivity index (χ4v) is 2.56. The van der Waals surface area contributed by atoms with Gasteiger partial charge in [0.1, 0.15) is 5.82 Å². The number of aromatic nitrogens is 2. The van der Waals surface area contributed by atoms with Crippen LogP contribution >= 0.6 is 11.6 Å². The second-order valence-corrected chi connectivity index (χ2v) is 5.45. The molecule has 1 heterocycles. The van der Waals surface area contributed by atoms with Crippen LogP contribution in [-0.2, 0) is 6.18 Å². The van der Waals surface area contributed by atoms with Crippen LogP contribution in [0.25, 0.3) is 16.6 Å². The van der Waals surface area contributed by atoms with Crippen molar-refractivity contribution in [2.45, 2.75) is 13.1 Å². The molecule has 0 saturated carbocycles. The van der Waals surface area contributed by atoms with Crippen LogP contribution in [0, 0.1) is 6.92 Å². The fraction of sp³-hybridized carbons (Fsp3) is 0.125. The summed E-state index contributed by atoms with van der Waals surface area (Å²) in [6.07, 6.45) is -4.48. The average molecular weight is 339 g/mol. The second-order valence-electron chi connectivity index (χ2n) is 5.01. The maximum Gasteiger partial charge on any atom is 0.416 e. The number of aryl methyl sites for hydroxylation is 1. The Balaban J connectivity index is 2.29. The van der Waals surface area contributed by atoms with E-state index in [2.05, 4.69) is 4.98 Å². The van der Waals surface area contributed by atoms with Crippen molar-refractivity contribution in [2.75, 3.05) is 0 Å². The van der Waals surface area contributed by atoms with Gasteiger partial charge in [-0.15, -0.1) is 0 Å². The van der Waals surface area contributed by atoms with Crippen LogP contribution in [-0.4, -0.2) is 9.55 Å². The summed E-state index contributed by atoms with van der Waals surface area (Å²) in [5.74, 6) is 0.282. The van der Waals surface area contributed by atoms with Gasteiger partial charge in [-0.05, 0) is 43.3 Å². The molecule has 0 spiro atoms. The van der Waals surface area contributed by atoms with Crippen molar-refractivity contribution in [1.29, 1.82) is 0 Å². The number of rotatable bonds is 1. The summed E-state index contributed by atoms with van der Waals surface area (Å²) in [5.41, 5.74) is -0.740. The Morgan fingerprint density at radius 2 is 1.87 bits per heavy atom. The maximum atomic E-state index is 12.9. The minimum Gasteiger partial charge on any atom is -0.268 e. The monoisotopic (exact) mass is 338 g/mol. The third kappa shape index (κ3) is 2.82.